The normalized spacial score (nSPS) is 10.1. The lowest BCUT2D eigenvalue weighted by Crippen LogP contribution is -2.01. The molecule has 0 aromatic heterocycles. The van der Waals surface area contributed by atoms with E-state index in [2.05, 4.69) is 0 Å². The number of benzene rings is 1. The van der Waals surface area contributed by atoms with Crippen molar-refractivity contribution < 1.29 is 13.9 Å². The second-order valence-corrected chi connectivity index (χ2v) is 3.45. The molecular formula is C10H11Cl2FO2. The lowest BCUT2D eigenvalue weighted by Gasteiger charge is -2.12. The van der Waals surface area contributed by atoms with Crippen LogP contribution in [0.3, 0.4) is 0 Å². The quantitative estimate of drug-likeness (QED) is 0.748. The number of hydrogen-bond acceptors (Lipinski definition) is 2. The average molecular weight is 253 g/mol. The Hall–Kier alpha value is -0.670. The van der Waals surface area contributed by atoms with Crippen molar-refractivity contribution in [2.75, 3.05) is 20.4 Å². The van der Waals surface area contributed by atoms with Crippen LogP contribution < -0.4 is 9.47 Å². The van der Waals surface area contributed by atoms with E-state index >= 15 is 0 Å². The van der Waals surface area contributed by atoms with E-state index in [9.17, 15) is 4.39 Å². The molecule has 0 N–H and O–H groups in total. The molecule has 0 aliphatic heterocycles. The predicted octanol–water partition coefficient (Wildman–Crippen LogP) is 3.44. The monoisotopic (exact) mass is 252 g/mol. The Balaban J connectivity index is 3.01. The average Bonchev–Trinajstić information content (AvgIpc) is 2.26. The SMILES string of the molecule is COc1cc(CCl)cc(Cl)c1OCCF. The van der Waals surface area contributed by atoms with Crippen LogP contribution in [0.4, 0.5) is 4.39 Å². The number of halogens is 3. The number of methoxy groups -OCH3 is 1. The summed E-state index contributed by atoms with van der Waals surface area (Å²) < 4.78 is 22.2. The largest absolute Gasteiger partial charge is 0.493 e. The Morgan fingerprint density at radius 3 is 2.67 bits per heavy atom. The zero-order valence-electron chi connectivity index (χ0n) is 8.23. The van der Waals surface area contributed by atoms with Crippen LogP contribution in [-0.4, -0.2) is 20.4 Å². The third-order valence-corrected chi connectivity index (χ3v) is 2.36. The van der Waals surface area contributed by atoms with Gasteiger partial charge in [0.05, 0.1) is 12.1 Å². The minimum atomic E-state index is -0.573. The number of ether oxygens (including phenoxy) is 2. The zero-order valence-corrected chi connectivity index (χ0v) is 9.74. The van der Waals surface area contributed by atoms with Crippen LogP contribution in [0.1, 0.15) is 5.56 Å². The maximum absolute atomic E-state index is 12.0. The molecule has 5 heteroatoms. The molecule has 0 radical (unpaired) electrons. The third kappa shape index (κ3) is 3.14. The molecule has 0 saturated heterocycles. The van der Waals surface area contributed by atoms with E-state index in [0.717, 1.165) is 5.56 Å². The van der Waals surface area contributed by atoms with E-state index in [-0.39, 0.29) is 6.61 Å². The molecule has 1 rings (SSSR count). The molecule has 0 saturated carbocycles. The standard InChI is InChI=1S/C10H11Cl2FO2/c1-14-9-5-7(6-11)4-8(12)10(9)15-3-2-13/h4-5H,2-3,6H2,1H3. The fraction of sp³-hybridized carbons (Fsp3) is 0.400. The van der Waals surface area contributed by atoms with Crippen molar-refractivity contribution in [3.8, 4) is 11.5 Å². The van der Waals surface area contributed by atoms with Crippen molar-refractivity contribution >= 4 is 23.2 Å². The van der Waals surface area contributed by atoms with Crippen LogP contribution in [0.15, 0.2) is 12.1 Å². The van der Waals surface area contributed by atoms with Gasteiger partial charge in [-0.2, -0.15) is 0 Å². The Morgan fingerprint density at radius 1 is 1.40 bits per heavy atom. The summed E-state index contributed by atoms with van der Waals surface area (Å²) in [6.45, 7) is -0.618. The lowest BCUT2D eigenvalue weighted by atomic mass is 10.2. The smallest absolute Gasteiger partial charge is 0.179 e. The molecule has 0 amide bonds. The zero-order chi connectivity index (χ0) is 11.3. The van der Waals surface area contributed by atoms with Crippen LogP contribution >= 0.6 is 23.2 Å². The highest BCUT2D eigenvalue weighted by molar-refractivity contribution is 6.32. The molecule has 0 fully saturated rings. The summed E-state index contributed by atoms with van der Waals surface area (Å²) in [6.07, 6.45) is 0. The first-order valence-electron chi connectivity index (χ1n) is 4.34. The van der Waals surface area contributed by atoms with Crippen molar-refractivity contribution in [1.29, 1.82) is 0 Å². The van der Waals surface area contributed by atoms with Crippen molar-refractivity contribution in [1.82, 2.24) is 0 Å². The van der Waals surface area contributed by atoms with E-state index in [1.54, 1.807) is 12.1 Å². The topological polar surface area (TPSA) is 18.5 Å². The Bertz CT molecular complexity index is 331. The fourth-order valence-corrected chi connectivity index (χ4v) is 1.57. The summed E-state index contributed by atoms with van der Waals surface area (Å²) >= 11 is 11.6. The number of hydrogen-bond donors (Lipinski definition) is 0. The van der Waals surface area contributed by atoms with Gasteiger partial charge in [0.15, 0.2) is 11.5 Å². The first-order chi connectivity index (χ1) is 7.22. The molecule has 15 heavy (non-hydrogen) atoms. The molecule has 0 heterocycles. The molecule has 0 bridgehead atoms. The van der Waals surface area contributed by atoms with Crippen molar-refractivity contribution in [3.05, 3.63) is 22.7 Å². The third-order valence-electron chi connectivity index (χ3n) is 1.77. The molecule has 0 spiro atoms. The van der Waals surface area contributed by atoms with Crippen molar-refractivity contribution in [2.45, 2.75) is 5.88 Å². The van der Waals surface area contributed by atoms with Gasteiger partial charge in [0.2, 0.25) is 0 Å². The Labute approximate surface area is 97.9 Å². The fourth-order valence-electron chi connectivity index (χ4n) is 1.13. The van der Waals surface area contributed by atoms with Crippen molar-refractivity contribution in [3.63, 3.8) is 0 Å². The number of alkyl halides is 2. The van der Waals surface area contributed by atoms with Gasteiger partial charge in [0.1, 0.15) is 13.3 Å². The number of rotatable bonds is 5. The molecule has 0 unspecified atom stereocenters. The Morgan fingerprint density at radius 2 is 2.13 bits per heavy atom. The van der Waals surface area contributed by atoms with Crippen LogP contribution in [0.2, 0.25) is 5.02 Å². The first kappa shape index (κ1) is 12.4. The molecular weight excluding hydrogens is 242 g/mol. The summed E-state index contributed by atoms with van der Waals surface area (Å²) in [5.41, 5.74) is 0.825. The van der Waals surface area contributed by atoms with Gasteiger partial charge in [-0.25, -0.2) is 4.39 Å². The van der Waals surface area contributed by atoms with Crippen LogP contribution in [0, 0.1) is 0 Å². The second kappa shape index (κ2) is 6.03. The summed E-state index contributed by atoms with van der Waals surface area (Å²) in [7, 11) is 1.49. The molecule has 0 aliphatic carbocycles. The predicted molar refractivity (Wildman–Crippen MR) is 59.0 cm³/mol. The van der Waals surface area contributed by atoms with Gasteiger partial charge in [-0.3, -0.25) is 0 Å². The molecule has 1 aromatic rings. The lowest BCUT2D eigenvalue weighted by molar-refractivity contribution is 0.260. The summed E-state index contributed by atoms with van der Waals surface area (Å²) in [5.74, 6) is 1.15. The highest BCUT2D eigenvalue weighted by Crippen LogP contribution is 2.36. The van der Waals surface area contributed by atoms with Gasteiger partial charge in [-0.15, -0.1) is 11.6 Å². The van der Waals surface area contributed by atoms with E-state index in [1.165, 1.54) is 7.11 Å². The van der Waals surface area contributed by atoms with E-state index < -0.39 is 6.67 Å². The van der Waals surface area contributed by atoms with Crippen LogP contribution in [0.25, 0.3) is 0 Å². The summed E-state index contributed by atoms with van der Waals surface area (Å²) in [5, 5.41) is 0.374. The first-order valence-corrected chi connectivity index (χ1v) is 5.25. The highest BCUT2D eigenvalue weighted by Gasteiger charge is 2.11. The Kier molecular flexibility index (Phi) is 4.99. The minimum absolute atomic E-state index is 0.0453. The second-order valence-electron chi connectivity index (χ2n) is 2.78. The molecule has 0 atom stereocenters. The molecule has 0 aliphatic rings. The van der Waals surface area contributed by atoms with Crippen LogP contribution in [-0.2, 0) is 5.88 Å². The van der Waals surface area contributed by atoms with Gasteiger partial charge in [0.25, 0.3) is 0 Å². The maximum Gasteiger partial charge on any atom is 0.179 e. The van der Waals surface area contributed by atoms with Gasteiger partial charge >= 0.3 is 0 Å². The van der Waals surface area contributed by atoms with Gasteiger partial charge in [0, 0.05) is 5.88 Å². The van der Waals surface area contributed by atoms with Gasteiger partial charge in [-0.05, 0) is 17.7 Å². The summed E-state index contributed by atoms with van der Waals surface area (Å²) in [4.78, 5) is 0. The van der Waals surface area contributed by atoms with E-state index in [4.69, 9.17) is 32.7 Å². The molecule has 2 nitrogen and oxygen atoms in total. The molecule has 84 valence electrons. The molecule has 1 aromatic carbocycles. The van der Waals surface area contributed by atoms with Crippen molar-refractivity contribution in [2.24, 2.45) is 0 Å². The van der Waals surface area contributed by atoms with E-state index in [0.29, 0.717) is 22.4 Å². The van der Waals surface area contributed by atoms with E-state index in [1.807, 2.05) is 0 Å². The maximum atomic E-state index is 12.0. The van der Waals surface area contributed by atoms with Gasteiger partial charge in [-0.1, -0.05) is 11.6 Å². The minimum Gasteiger partial charge on any atom is -0.493 e. The highest BCUT2D eigenvalue weighted by atomic mass is 35.5. The summed E-state index contributed by atoms with van der Waals surface area (Å²) in [6, 6.07) is 3.39. The van der Waals surface area contributed by atoms with Gasteiger partial charge < -0.3 is 9.47 Å². The van der Waals surface area contributed by atoms with Crippen LogP contribution in [0.5, 0.6) is 11.5 Å².